The molecule has 0 bridgehead atoms. The van der Waals surface area contributed by atoms with Crippen molar-refractivity contribution in [2.45, 2.75) is 44.3 Å². The van der Waals surface area contributed by atoms with E-state index >= 15 is 0 Å². The molecule has 7 nitrogen and oxygen atoms in total. The number of anilines is 1. The zero-order valence-electron chi connectivity index (χ0n) is 18.1. The second-order valence-electron chi connectivity index (χ2n) is 8.43. The molecule has 4 heterocycles. The van der Waals surface area contributed by atoms with E-state index in [4.69, 9.17) is 9.97 Å². The Bertz CT molecular complexity index is 1230. The average Bonchev–Trinajstić information content (AvgIpc) is 3.32. The zero-order chi connectivity index (χ0) is 23.2. The summed E-state index contributed by atoms with van der Waals surface area (Å²) in [6.45, 7) is 6.90. The van der Waals surface area contributed by atoms with Gasteiger partial charge in [0.15, 0.2) is 5.82 Å². The molecule has 0 spiro atoms. The molecule has 1 aliphatic carbocycles. The fraction of sp³-hybridized carbons (Fsp3) is 0.391. The summed E-state index contributed by atoms with van der Waals surface area (Å²) in [5.74, 6) is 1.46. The Morgan fingerprint density at radius 2 is 2.06 bits per heavy atom. The van der Waals surface area contributed by atoms with E-state index in [1.54, 1.807) is 19.2 Å². The summed E-state index contributed by atoms with van der Waals surface area (Å²) in [4.78, 5) is 20.0. The first-order chi connectivity index (χ1) is 15.9. The third kappa shape index (κ3) is 4.10. The van der Waals surface area contributed by atoms with Crippen molar-refractivity contribution >= 4 is 34.8 Å². The van der Waals surface area contributed by atoms with Gasteiger partial charge >= 0.3 is 6.18 Å². The van der Waals surface area contributed by atoms with E-state index in [1.807, 2.05) is 6.20 Å². The standard InChI is InChI=1S/C23H24F3N7/c1-3-14(15-8-18(23(24,25)26)32-20(15)27-2)21-31-17-11-29-10-16(12-4-5-12)19(17)22(33-21)30-13-6-7-28-9-13/h3,8,10-13,28,32H,2,4-7,9H2,1H3,(H,30,31,33)/b14-3+/t13-/m0/s1. The lowest BCUT2D eigenvalue weighted by molar-refractivity contribution is -0.140. The lowest BCUT2D eigenvalue weighted by Crippen LogP contribution is -2.23. The number of nitrogens with zero attached hydrogens (tertiary/aromatic N) is 4. The number of nitrogens with one attached hydrogen (secondary N) is 3. The first-order valence-corrected chi connectivity index (χ1v) is 11.0. The Kier molecular flexibility index (Phi) is 5.40. The van der Waals surface area contributed by atoms with Crippen LogP contribution >= 0.6 is 0 Å². The number of fused-ring (bicyclic) bond motifs is 1. The average molecular weight is 455 g/mol. The molecule has 33 heavy (non-hydrogen) atoms. The van der Waals surface area contributed by atoms with Gasteiger partial charge in [-0.1, -0.05) is 6.08 Å². The van der Waals surface area contributed by atoms with Gasteiger partial charge in [-0.2, -0.15) is 13.2 Å². The Hall–Kier alpha value is -3.27. The number of H-pyrrole nitrogens is 1. The molecular formula is C23H24F3N7. The summed E-state index contributed by atoms with van der Waals surface area (Å²) >= 11 is 0. The smallest absolute Gasteiger partial charge is 0.365 e. The Balaban J connectivity index is 1.66. The van der Waals surface area contributed by atoms with E-state index in [2.05, 4.69) is 32.3 Å². The lowest BCUT2D eigenvalue weighted by atomic mass is 10.0. The normalized spacial score (nSPS) is 19.3. The predicted molar refractivity (Wildman–Crippen MR) is 122 cm³/mol. The van der Waals surface area contributed by atoms with Crippen LogP contribution in [-0.4, -0.2) is 45.8 Å². The van der Waals surface area contributed by atoms with Crippen LogP contribution in [0.25, 0.3) is 16.5 Å². The Labute approximate surface area is 188 Å². The van der Waals surface area contributed by atoms with Gasteiger partial charge in [0.25, 0.3) is 0 Å². The summed E-state index contributed by atoms with van der Waals surface area (Å²) in [6, 6.07) is 1.24. The first kappa shape index (κ1) is 21.6. The quantitative estimate of drug-likeness (QED) is 0.464. The van der Waals surface area contributed by atoms with Gasteiger partial charge in [-0.15, -0.1) is 0 Å². The summed E-state index contributed by atoms with van der Waals surface area (Å²) in [5.41, 5.74) is 1.57. The van der Waals surface area contributed by atoms with Crippen LogP contribution in [0.1, 0.15) is 54.7 Å². The van der Waals surface area contributed by atoms with Crippen LogP contribution in [0, 0.1) is 0 Å². The molecule has 5 rings (SSSR count). The fourth-order valence-electron chi connectivity index (χ4n) is 4.34. The van der Waals surface area contributed by atoms with Crippen molar-refractivity contribution in [1.29, 1.82) is 0 Å². The Morgan fingerprint density at radius 3 is 2.70 bits per heavy atom. The predicted octanol–water partition coefficient (Wildman–Crippen LogP) is 4.81. The number of hydrogen-bond acceptors (Lipinski definition) is 6. The summed E-state index contributed by atoms with van der Waals surface area (Å²) in [5, 5.41) is 7.82. The van der Waals surface area contributed by atoms with Crippen LogP contribution in [0.15, 0.2) is 29.5 Å². The highest BCUT2D eigenvalue weighted by Gasteiger charge is 2.35. The van der Waals surface area contributed by atoms with E-state index in [0.29, 0.717) is 28.6 Å². The number of halogens is 3. The molecule has 3 N–H and O–H groups in total. The van der Waals surface area contributed by atoms with Crippen LogP contribution in [-0.2, 0) is 6.18 Å². The molecule has 0 unspecified atom stereocenters. The van der Waals surface area contributed by atoms with Gasteiger partial charge in [-0.05, 0) is 57.0 Å². The third-order valence-corrected chi connectivity index (χ3v) is 6.13. The molecule has 1 aliphatic heterocycles. The van der Waals surface area contributed by atoms with E-state index in [-0.39, 0.29) is 17.4 Å². The van der Waals surface area contributed by atoms with Gasteiger partial charge in [0.05, 0.1) is 11.7 Å². The van der Waals surface area contributed by atoms with Crippen molar-refractivity contribution in [3.8, 4) is 0 Å². The van der Waals surface area contributed by atoms with Crippen molar-refractivity contribution in [3.63, 3.8) is 0 Å². The number of aromatic amines is 1. The SMILES string of the molecule is C=Nc1[nH]c(C(F)(F)F)cc1/C(=C\C)c1nc(N[C@H]2CCNC2)c2c(C3CC3)cncc2n1. The number of alkyl halides is 3. The molecule has 0 aromatic carbocycles. The summed E-state index contributed by atoms with van der Waals surface area (Å²) in [7, 11) is 0. The molecule has 172 valence electrons. The van der Waals surface area contributed by atoms with Gasteiger partial charge in [0.1, 0.15) is 17.3 Å². The van der Waals surface area contributed by atoms with Crippen molar-refractivity contribution < 1.29 is 13.2 Å². The number of hydrogen-bond donors (Lipinski definition) is 3. The summed E-state index contributed by atoms with van der Waals surface area (Å²) in [6.07, 6.45) is 3.88. The maximum Gasteiger partial charge on any atom is 0.431 e. The van der Waals surface area contributed by atoms with Crippen LogP contribution in [0.3, 0.4) is 0 Å². The first-order valence-electron chi connectivity index (χ1n) is 11.0. The van der Waals surface area contributed by atoms with Crippen LogP contribution in [0.5, 0.6) is 0 Å². The number of allylic oxidation sites excluding steroid dienone is 1. The third-order valence-electron chi connectivity index (χ3n) is 6.13. The van der Waals surface area contributed by atoms with Crippen LogP contribution < -0.4 is 10.6 Å². The minimum atomic E-state index is -4.54. The molecular weight excluding hydrogens is 431 g/mol. The largest absolute Gasteiger partial charge is 0.431 e. The highest BCUT2D eigenvalue weighted by Crippen LogP contribution is 2.44. The van der Waals surface area contributed by atoms with Crippen molar-refractivity contribution in [2.24, 2.45) is 4.99 Å². The van der Waals surface area contributed by atoms with Gasteiger partial charge in [-0.3, -0.25) is 4.98 Å². The van der Waals surface area contributed by atoms with E-state index in [0.717, 1.165) is 49.4 Å². The zero-order valence-corrected chi connectivity index (χ0v) is 18.1. The second-order valence-corrected chi connectivity index (χ2v) is 8.43. The van der Waals surface area contributed by atoms with Crippen LogP contribution in [0.4, 0.5) is 24.8 Å². The molecule has 3 aromatic heterocycles. The topological polar surface area (TPSA) is 90.9 Å². The maximum atomic E-state index is 13.3. The molecule has 0 radical (unpaired) electrons. The maximum absolute atomic E-state index is 13.3. The molecule has 3 aromatic rings. The van der Waals surface area contributed by atoms with E-state index < -0.39 is 11.9 Å². The second kappa shape index (κ2) is 8.26. The highest BCUT2D eigenvalue weighted by atomic mass is 19.4. The Morgan fingerprint density at radius 1 is 1.24 bits per heavy atom. The molecule has 1 saturated heterocycles. The van der Waals surface area contributed by atoms with Gasteiger partial charge in [0.2, 0.25) is 0 Å². The lowest BCUT2D eigenvalue weighted by Gasteiger charge is -2.17. The number of aromatic nitrogens is 4. The molecule has 1 atom stereocenters. The number of aliphatic imine (C=N–C) groups is 1. The van der Waals surface area contributed by atoms with Crippen molar-refractivity contribution in [3.05, 3.63) is 47.2 Å². The summed E-state index contributed by atoms with van der Waals surface area (Å²) < 4.78 is 40.0. The van der Waals surface area contributed by atoms with Crippen LogP contribution in [0.2, 0.25) is 0 Å². The van der Waals surface area contributed by atoms with Gasteiger partial charge in [-0.25, -0.2) is 15.0 Å². The highest BCUT2D eigenvalue weighted by molar-refractivity contribution is 5.94. The molecule has 2 aliphatic rings. The molecule has 1 saturated carbocycles. The number of rotatable bonds is 6. The fourth-order valence-corrected chi connectivity index (χ4v) is 4.34. The minimum Gasteiger partial charge on any atom is -0.365 e. The molecule has 2 fully saturated rings. The van der Waals surface area contributed by atoms with Crippen molar-refractivity contribution in [1.82, 2.24) is 25.3 Å². The van der Waals surface area contributed by atoms with Gasteiger partial charge in [0, 0.05) is 35.3 Å². The van der Waals surface area contributed by atoms with Crippen molar-refractivity contribution in [2.75, 3.05) is 18.4 Å². The number of pyridine rings is 1. The molecule has 10 heteroatoms. The minimum absolute atomic E-state index is 0.0264. The van der Waals surface area contributed by atoms with E-state index in [9.17, 15) is 13.2 Å². The monoisotopic (exact) mass is 455 g/mol. The molecule has 0 amide bonds. The van der Waals surface area contributed by atoms with Gasteiger partial charge < -0.3 is 15.6 Å². The van der Waals surface area contributed by atoms with E-state index in [1.165, 1.54) is 0 Å².